The van der Waals surface area contributed by atoms with Crippen LogP contribution in [0.4, 0.5) is 21.7 Å². The van der Waals surface area contributed by atoms with Gasteiger partial charge in [-0.2, -0.15) is 0 Å². The number of nitrogens with two attached hydrogens (primary N) is 1. The molecule has 0 saturated heterocycles. The van der Waals surface area contributed by atoms with E-state index in [1.165, 1.54) is 25.6 Å². The molecule has 0 atom stereocenters. The number of benzene rings is 1. The van der Waals surface area contributed by atoms with Crippen LogP contribution in [0.15, 0.2) is 30.6 Å². The molecule has 0 bridgehead atoms. The van der Waals surface area contributed by atoms with Crippen LogP contribution in [0, 0.1) is 5.82 Å². The van der Waals surface area contributed by atoms with Crippen molar-refractivity contribution < 1.29 is 9.13 Å². The highest BCUT2D eigenvalue weighted by atomic mass is 19.1. The van der Waals surface area contributed by atoms with Crippen LogP contribution in [0.3, 0.4) is 0 Å². The fourth-order valence-corrected chi connectivity index (χ4v) is 1.60. The van der Waals surface area contributed by atoms with Crippen molar-refractivity contribution in [3.63, 3.8) is 0 Å². The van der Waals surface area contributed by atoms with E-state index < -0.39 is 0 Å². The summed E-state index contributed by atoms with van der Waals surface area (Å²) in [6.07, 6.45) is 1.35. The van der Waals surface area contributed by atoms with Crippen LogP contribution in [-0.4, -0.2) is 24.1 Å². The van der Waals surface area contributed by atoms with Crippen LogP contribution in [-0.2, 0) is 0 Å². The normalized spacial score (nSPS) is 10.2. The Morgan fingerprint density at radius 2 is 1.89 bits per heavy atom. The summed E-state index contributed by atoms with van der Waals surface area (Å²) in [7, 11) is 3.29. The summed E-state index contributed by atoms with van der Waals surface area (Å²) in [5.41, 5.74) is 6.48. The zero-order valence-corrected chi connectivity index (χ0v) is 10.1. The highest BCUT2D eigenvalue weighted by Crippen LogP contribution is 2.33. The maximum absolute atomic E-state index is 12.9. The second-order valence-corrected chi connectivity index (χ2v) is 3.65. The highest BCUT2D eigenvalue weighted by molar-refractivity contribution is 5.69. The Kier molecular flexibility index (Phi) is 3.27. The summed E-state index contributed by atoms with van der Waals surface area (Å²) in [5, 5.41) is 0. The van der Waals surface area contributed by atoms with Crippen molar-refractivity contribution in [1.82, 2.24) is 9.97 Å². The molecule has 2 N–H and O–H groups in total. The van der Waals surface area contributed by atoms with E-state index in [9.17, 15) is 4.39 Å². The number of ether oxygens (including phenoxy) is 1. The van der Waals surface area contributed by atoms with Crippen LogP contribution >= 0.6 is 0 Å². The quantitative estimate of drug-likeness (QED) is 0.899. The van der Waals surface area contributed by atoms with Gasteiger partial charge in [0.15, 0.2) is 11.6 Å². The summed E-state index contributed by atoms with van der Waals surface area (Å²) in [4.78, 5) is 9.73. The third-order valence-corrected chi connectivity index (χ3v) is 2.55. The fraction of sp³-hybridized carbons (Fsp3) is 0.167. The summed E-state index contributed by atoms with van der Waals surface area (Å²) < 4.78 is 18.0. The standard InChI is InChI=1S/C12H13FN4O/c1-17(9-5-3-8(13)4-6-9)12-10(18-2)11(14)15-7-16-12/h3-7H,1-2H3,(H2,14,15,16). The van der Waals surface area contributed by atoms with Gasteiger partial charge in [-0.25, -0.2) is 14.4 Å². The molecule has 6 heteroatoms. The van der Waals surface area contributed by atoms with E-state index in [4.69, 9.17) is 10.5 Å². The van der Waals surface area contributed by atoms with Crippen LogP contribution in [0.5, 0.6) is 5.75 Å². The van der Waals surface area contributed by atoms with Crippen molar-refractivity contribution in [1.29, 1.82) is 0 Å². The molecule has 0 aliphatic rings. The first-order chi connectivity index (χ1) is 8.63. The number of rotatable bonds is 3. The van der Waals surface area contributed by atoms with Gasteiger partial charge in [-0.3, -0.25) is 0 Å². The summed E-state index contributed by atoms with van der Waals surface area (Å²) in [6, 6.07) is 6.05. The first kappa shape index (κ1) is 12.1. The van der Waals surface area contributed by atoms with Crippen LogP contribution in [0.25, 0.3) is 0 Å². The predicted octanol–water partition coefficient (Wildman–Crippen LogP) is 1.97. The molecule has 0 aliphatic heterocycles. The number of aromatic nitrogens is 2. The number of hydrogen-bond acceptors (Lipinski definition) is 5. The minimum atomic E-state index is -0.290. The third-order valence-electron chi connectivity index (χ3n) is 2.55. The summed E-state index contributed by atoms with van der Waals surface area (Å²) >= 11 is 0. The van der Waals surface area contributed by atoms with E-state index in [2.05, 4.69) is 9.97 Å². The molecule has 0 unspecified atom stereocenters. The van der Waals surface area contributed by atoms with E-state index in [0.717, 1.165) is 5.69 Å². The minimum absolute atomic E-state index is 0.261. The predicted molar refractivity (Wildman–Crippen MR) is 67.5 cm³/mol. The Bertz CT molecular complexity index is 544. The second kappa shape index (κ2) is 4.87. The number of hydrogen-bond donors (Lipinski definition) is 1. The largest absolute Gasteiger partial charge is 0.490 e. The zero-order valence-electron chi connectivity index (χ0n) is 10.1. The summed E-state index contributed by atoms with van der Waals surface area (Å²) in [6.45, 7) is 0. The maximum Gasteiger partial charge on any atom is 0.204 e. The van der Waals surface area contributed by atoms with E-state index in [0.29, 0.717) is 11.6 Å². The lowest BCUT2D eigenvalue weighted by atomic mass is 10.3. The SMILES string of the molecule is COc1c(N)ncnc1N(C)c1ccc(F)cc1. The Hall–Kier alpha value is -2.37. The topological polar surface area (TPSA) is 64.3 Å². The van der Waals surface area contributed by atoms with Crippen molar-refractivity contribution in [2.24, 2.45) is 0 Å². The first-order valence-corrected chi connectivity index (χ1v) is 5.27. The fourth-order valence-electron chi connectivity index (χ4n) is 1.60. The molecule has 2 rings (SSSR count). The van der Waals surface area contributed by atoms with Crippen LogP contribution < -0.4 is 15.4 Å². The van der Waals surface area contributed by atoms with E-state index >= 15 is 0 Å². The van der Waals surface area contributed by atoms with Crippen molar-refractivity contribution in [2.75, 3.05) is 24.8 Å². The van der Waals surface area contributed by atoms with E-state index in [-0.39, 0.29) is 11.6 Å². The molecule has 0 aliphatic carbocycles. The van der Waals surface area contributed by atoms with Crippen molar-refractivity contribution in [2.45, 2.75) is 0 Å². The van der Waals surface area contributed by atoms with Gasteiger partial charge in [0, 0.05) is 12.7 Å². The van der Waals surface area contributed by atoms with Crippen molar-refractivity contribution in [3.05, 3.63) is 36.4 Å². The molecule has 0 saturated carbocycles. The molecular formula is C12H13FN4O. The lowest BCUT2D eigenvalue weighted by Gasteiger charge is -2.20. The molecule has 0 spiro atoms. The molecule has 1 aromatic heterocycles. The molecule has 5 nitrogen and oxygen atoms in total. The maximum atomic E-state index is 12.9. The van der Waals surface area contributed by atoms with Crippen LogP contribution in [0.2, 0.25) is 0 Å². The molecule has 18 heavy (non-hydrogen) atoms. The Morgan fingerprint density at radius 3 is 2.50 bits per heavy atom. The molecule has 0 fully saturated rings. The second-order valence-electron chi connectivity index (χ2n) is 3.65. The highest BCUT2D eigenvalue weighted by Gasteiger charge is 2.15. The van der Waals surface area contributed by atoms with Gasteiger partial charge >= 0.3 is 0 Å². The number of halogens is 1. The Morgan fingerprint density at radius 1 is 1.22 bits per heavy atom. The lowest BCUT2D eigenvalue weighted by molar-refractivity contribution is 0.414. The van der Waals surface area contributed by atoms with Gasteiger partial charge in [0.25, 0.3) is 0 Å². The van der Waals surface area contributed by atoms with Gasteiger partial charge in [0.1, 0.15) is 12.1 Å². The van der Waals surface area contributed by atoms with Gasteiger partial charge in [-0.05, 0) is 24.3 Å². The van der Waals surface area contributed by atoms with E-state index in [1.54, 1.807) is 24.1 Å². The molecule has 0 radical (unpaired) electrons. The van der Waals surface area contributed by atoms with Gasteiger partial charge in [-0.15, -0.1) is 0 Å². The monoisotopic (exact) mass is 248 g/mol. The number of methoxy groups -OCH3 is 1. The first-order valence-electron chi connectivity index (χ1n) is 5.27. The third kappa shape index (κ3) is 2.17. The van der Waals surface area contributed by atoms with Crippen LogP contribution in [0.1, 0.15) is 0 Å². The molecule has 1 heterocycles. The Balaban J connectivity index is 2.42. The lowest BCUT2D eigenvalue weighted by Crippen LogP contribution is -2.14. The average molecular weight is 248 g/mol. The minimum Gasteiger partial charge on any atom is -0.490 e. The number of nitrogen functional groups attached to an aromatic ring is 1. The molecule has 1 aromatic carbocycles. The molecular weight excluding hydrogens is 235 g/mol. The number of nitrogens with zero attached hydrogens (tertiary/aromatic N) is 3. The van der Waals surface area contributed by atoms with Crippen molar-refractivity contribution in [3.8, 4) is 5.75 Å². The van der Waals surface area contributed by atoms with Gasteiger partial charge < -0.3 is 15.4 Å². The average Bonchev–Trinajstić information content (AvgIpc) is 2.38. The van der Waals surface area contributed by atoms with Gasteiger partial charge in [-0.1, -0.05) is 0 Å². The number of anilines is 3. The van der Waals surface area contributed by atoms with E-state index in [1.807, 2.05) is 0 Å². The van der Waals surface area contributed by atoms with Crippen molar-refractivity contribution >= 4 is 17.3 Å². The summed E-state index contributed by atoms with van der Waals surface area (Å²) in [5.74, 6) is 0.888. The smallest absolute Gasteiger partial charge is 0.204 e. The van der Waals surface area contributed by atoms with Gasteiger partial charge in [0.05, 0.1) is 7.11 Å². The molecule has 94 valence electrons. The molecule has 0 amide bonds. The Labute approximate surface area is 104 Å². The zero-order chi connectivity index (χ0) is 13.1. The van der Waals surface area contributed by atoms with Gasteiger partial charge in [0.2, 0.25) is 5.75 Å². The molecule has 2 aromatic rings.